The van der Waals surface area contributed by atoms with Gasteiger partial charge >= 0.3 is 0 Å². The van der Waals surface area contributed by atoms with E-state index in [-0.39, 0.29) is 5.84 Å². The van der Waals surface area contributed by atoms with Gasteiger partial charge in [-0.1, -0.05) is 0 Å². The number of aryl methyl sites for hydroxylation is 2. The maximum Gasteiger partial charge on any atom is 0.0923 e. The molecule has 4 nitrogen and oxygen atoms in total. The van der Waals surface area contributed by atoms with Gasteiger partial charge in [0, 0.05) is 19.2 Å². The Morgan fingerprint density at radius 3 is 3.00 bits per heavy atom. The van der Waals surface area contributed by atoms with Gasteiger partial charge in [-0.05, 0) is 13.0 Å². The molecule has 0 aromatic carbocycles. The second kappa shape index (κ2) is 3.18. The fraction of sp³-hybridized carbons (Fsp3) is 0.429. The lowest BCUT2D eigenvalue weighted by molar-refractivity contribution is 0.626. The van der Waals surface area contributed by atoms with Crippen LogP contribution in [0.1, 0.15) is 12.1 Å². The number of nitrogens with two attached hydrogens (primary N) is 1. The van der Waals surface area contributed by atoms with Crippen LogP contribution in [0.2, 0.25) is 0 Å². The van der Waals surface area contributed by atoms with Crippen LogP contribution in [0, 0.1) is 12.3 Å². The zero-order valence-corrected chi connectivity index (χ0v) is 6.54. The third-order valence-corrected chi connectivity index (χ3v) is 1.38. The van der Waals surface area contributed by atoms with Crippen molar-refractivity contribution < 1.29 is 0 Å². The summed E-state index contributed by atoms with van der Waals surface area (Å²) >= 11 is 0. The number of hydrogen-bond acceptors (Lipinski definition) is 2. The molecule has 0 radical (unpaired) electrons. The first kappa shape index (κ1) is 7.78. The minimum absolute atomic E-state index is 0.207. The normalized spacial score (nSPS) is 9.91. The SMILES string of the molecule is Cc1ccn(CCC(=N)N)n1. The van der Waals surface area contributed by atoms with Gasteiger partial charge < -0.3 is 5.73 Å². The van der Waals surface area contributed by atoms with E-state index in [0.717, 1.165) is 5.69 Å². The second-order valence-electron chi connectivity index (χ2n) is 2.50. The number of amidine groups is 1. The summed E-state index contributed by atoms with van der Waals surface area (Å²) in [4.78, 5) is 0. The number of aromatic nitrogens is 2. The summed E-state index contributed by atoms with van der Waals surface area (Å²) in [5.74, 6) is 0.207. The van der Waals surface area contributed by atoms with E-state index >= 15 is 0 Å². The first-order chi connectivity index (χ1) is 5.18. The summed E-state index contributed by atoms with van der Waals surface area (Å²) in [5.41, 5.74) is 6.18. The summed E-state index contributed by atoms with van der Waals surface area (Å²) in [6.45, 7) is 2.63. The Kier molecular flexibility index (Phi) is 2.25. The van der Waals surface area contributed by atoms with Crippen molar-refractivity contribution in [3.05, 3.63) is 18.0 Å². The topological polar surface area (TPSA) is 67.7 Å². The highest BCUT2D eigenvalue weighted by Crippen LogP contribution is 1.93. The van der Waals surface area contributed by atoms with E-state index in [9.17, 15) is 0 Å². The Labute approximate surface area is 65.5 Å². The van der Waals surface area contributed by atoms with Crippen molar-refractivity contribution in [1.82, 2.24) is 9.78 Å². The van der Waals surface area contributed by atoms with E-state index in [4.69, 9.17) is 11.1 Å². The highest BCUT2D eigenvalue weighted by Gasteiger charge is 1.94. The van der Waals surface area contributed by atoms with E-state index < -0.39 is 0 Å². The highest BCUT2D eigenvalue weighted by atomic mass is 15.3. The molecule has 0 amide bonds. The highest BCUT2D eigenvalue weighted by molar-refractivity contribution is 5.76. The van der Waals surface area contributed by atoms with Gasteiger partial charge in [-0.25, -0.2) is 0 Å². The summed E-state index contributed by atoms with van der Waals surface area (Å²) in [7, 11) is 0. The monoisotopic (exact) mass is 152 g/mol. The van der Waals surface area contributed by atoms with E-state index in [1.807, 2.05) is 19.2 Å². The van der Waals surface area contributed by atoms with Crippen LogP contribution in [0.5, 0.6) is 0 Å². The van der Waals surface area contributed by atoms with Crippen LogP contribution in [-0.2, 0) is 6.54 Å². The lowest BCUT2D eigenvalue weighted by Gasteiger charge is -1.98. The van der Waals surface area contributed by atoms with Crippen LogP contribution < -0.4 is 5.73 Å². The molecule has 0 atom stereocenters. The van der Waals surface area contributed by atoms with Crippen molar-refractivity contribution in [3.63, 3.8) is 0 Å². The second-order valence-corrected chi connectivity index (χ2v) is 2.50. The standard InChI is InChI=1S/C7H12N4/c1-6-2-4-11(10-6)5-3-7(8)9/h2,4H,3,5H2,1H3,(H3,8,9). The Morgan fingerprint density at radius 2 is 2.55 bits per heavy atom. The largest absolute Gasteiger partial charge is 0.388 e. The Bertz CT molecular complexity index is 251. The maximum absolute atomic E-state index is 6.99. The molecule has 0 saturated carbocycles. The lowest BCUT2D eigenvalue weighted by atomic mass is 10.4. The molecule has 1 rings (SSSR count). The van der Waals surface area contributed by atoms with Gasteiger partial charge in [-0.3, -0.25) is 10.1 Å². The number of rotatable bonds is 3. The van der Waals surface area contributed by atoms with Gasteiger partial charge in [0.25, 0.3) is 0 Å². The summed E-state index contributed by atoms with van der Waals surface area (Å²) in [5, 5.41) is 11.1. The van der Waals surface area contributed by atoms with E-state index in [2.05, 4.69) is 5.10 Å². The molecule has 1 heterocycles. The summed E-state index contributed by atoms with van der Waals surface area (Å²) in [6, 6.07) is 1.93. The first-order valence-electron chi connectivity index (χ1n) is 3.51. The Hall–Kier alpha value is -1.32. The van der Waals surface area contributed by atoms with Gasteiger partial charge in [0.05, 0.1) is 11.5 Å². The molecular weight excluding hydrogens is 140 g/mol. The van der Waals surface area contributed by atoms with Crippen molar-refractivity contribution in [2.24, 2.45) is 5.73 Å². The molecule has 3 N–H and O–H groups in total. The Morgan fingerprint density at radius 1 is 1.82 bits per heavy atom. The summed E-state index contributed by atoms with van der Waals surface area (Å²) in [6.07, 6.45) is 2.46. The molecular formula is C7H12N4. The molecule has 0 aliphatic heterocycles. The number of nitrogens with one attached hydrogen (secondary N) is 1. The summed E-state index contributed by atoms with van der Waals surface area (Å²) < 4.78 is 1.79. The van der Waals surface area contributed by atoms with Gasteiger partial charge in [0.15, 0.2) is 0 Å². The average molecular weight is 152 g/mol. The third kappa shape index (κ3) is 2.41. The average Bonchev–Trinajstić information content (AvgIpc) is 2.31. The zero-order chi connectivity index (χ0) is 8.27. The van der Waals surface area contributed by atoms with Crippen LogP contribution >= 0.6 is 0 Å². The molecule has 0 aliphatic carbocycles. The molecule has 1 aromatic rings. The van der Waals surface area contributed by atoms with Crippen LogP contribution in [-0.4, -0.2) is 15.6 Å². The molecule has 60 valence electrons. The third-order valence-electron chi connectivity index (χ3n) is 1.38. The smallest absolute Gasteiger partial charge is 0.0923 e. The van der Waals surface area contributed by atoms with Crippen LogP contribution in [0.3, 0.4) is 0 Å². The molecule has 11 heavy (non-hydrogen) atoms. The van der Waals surface area contributed by atoms with E-state index in [1.54, 1.807) is 4.68 Å². The first-order valence-corrected chi connectivity index (χ1v) is 3.51. The Balaban J connectivity index is 2.45. The molecule has 0 aliphatic rings. The van der Waals surface area contributed by atoms with Crippen LogP contribution in [0.4, 0.5) is 0 Å². The van der Waals surface area contributed by atoms with Crippen molar-refractivity contribution in [2.75, 3.05) is 0 Å². The molecule has 0 bridgehead atoms. The fourth-order valence-electron chi connectivity index (χ4n) is 0.823. The van der Waals surface area contributed by atoms with Crippen molar-refractivity contribution in [2.45, 2.75) is 19.9 Å². The predicted molar refractivity (Wildman–Crippen MR) is 43.5 cm³/mol. The fourth-order valence-corrected chi connectivity index (χ4v) is 0.823. The van der Waals surface area contributed by atoms with Crippen LogP contribution in [0.25, 0.3) is 0 Å². The zero-order valence-electron chi connectivity index (χ0n) is 6.54. The van der Waals surface area contributed by atoms with Crippen molar-refractivity contribution >= 4 is 5.84 Å². The van der Waals surface area contributed by atoms with Crippen molar-refractivity contribution in [3.8, 4) is 0 Å². The van der Waals surface area contributed by atoms with Gasteiger partial charge in [-0.2, -0.15) is 5.10 Å². The lowest BCUT2D eigenvalue weighted by Crippen LogP contribution is -2.13. The molecule has 4 heteroatoms. The number of hydrogen-bond donors (Lipinski definition) is 2. The molecule has 0 saturated heterocycles. The molecule has 0 fully saturated rings. The number of nitrogens with zero attached hydrogens (tertiary/aromatic N) is 2. The molecule has 0 spiro atoms. The van der Waals surface area contributed by atoms with Gasteiger partial charge in [-0.15, -0.1) is 0 Å². The molecule has 1 aromatic heterocycles. The quantitative estimate of drug-likeness (QED) is 0.489. The molecule has 0 unspecified atom stereocenters. The van der Waals surface area contributed by atoms with Gasteiger partial charge in [0.1, 0.15) is 0 Å². The van der Waals surface area contributed by atoms with Crippen LogP contribution in [0.15, 0.2) is 12.3 Å². The minimum Gasteiger partial charge on any atom is -0.388 e. The van der Waals surface area contributed by atoms with E-state index in [0.29, 0.717) is 13.0 Å². The maximum atomic E-state index is 6.99. The van der Waals surface area contributed by atoms with Gasteiger partial charge in [0.2, 0.25) is 0 Å². The van der Waals surface area contributed by atoms with Crippen molar-refractivity contribution in [1.29, 1.82) is 5.41 Å². The van der Waals surface area contributed by atoms with E-state index in [1.165, 1.54) is 0 Å². The minimum atomic E-state index is 0.207. The predicted octanol–water partition coefficient (Wildman–Crippen LogP) is 0.518.